The van der Waals surface area contributed by atoms with Crippen molar-refractivity contribution in [2.45, 2.75) is 39.4 Å². The molecule has 0 heterocycles. The third-order valence-electron chi connectivity index (χ3n) is 2.26. The van der Waals surface area contributed by atoms with Crippen LogP contribution in [0.15, 0.2) is 24.3 Å². The molecule has 0 amide bonds. The maximum atomic E-state index is 9.25. The van der Waals surface area contributed by atoms with Crippen molar-refractivity contribution < 1.29 is 14.6 Å². The highest BCUT2D eigenvalue weighted by Gasteiger charge is 2.00. The zero-order chi connectivity index (χ0) is 12.7. The predicted molar refractivity (Wildman–Crippen MR) is 68.4 cm³/mol. The summed E-state index contributed by atoms with van der Waals surface area (Å²) in [5, 5.41) is 9.25. The monoisotopic (exact) mass is 238 g/mol. The van der Waals surface area contributed by atoms with Crippen LogP contribution in [0.2, 0.25) is 0 Å². The standard InChI is InChI=1S/C14H22O3/c1-11(2)16-8-9-17-14-6-4-13(5-7-14)10-12(3)15/h4-7,11-12,15H,8-10H2,1-3H3. The smallest absolute Gasteiger partial charge is 0.119 e. The van der Waals surface area contributed by atoms with Crippen LogP contribution in [0.25, 0.3) is 0 Å². The van der Waals surface area contributed by atoms with Gasteiger partial charge in [0.05, 0.1) is 18.8 Å². The average Bonchev–Trinajstić information content (AvgIpc) is 2.25. The van der Waals surface area contributed by atoms with Crippen LogP contribution in [0.1, 0.15) is 26.3 Å². The quantitative estimate of drug-likeness (QED) is 0.741. The molecule has 0 spiro atoms. The van der Waals surface area contributed by atoms with Crippen LogP contribution in [0.3, 0.4) is 0 Å². The summed E-state index contributed by atoms with van der Waals surface area (Å²) in [6, 6.07) is 7.80. The summed E-state index contributed by atoms with van der Waals surface area (Å²) in [6.45, 7) is 6.96. The van der Waals surface area contributed by atoms with Gasteiger partial charge in [0.25, 0.3) is 0 Å². The number of rotatable bonds is 7. The fraction of sp³-hybridized carbons (Fsp3) is 0.571. The molecule has 0 radical (unpaired) electrons. The number of aliphatic hydroxyl groups is 1. The topological polar surface area (TPSA) is 38.7 Å². The van der Waals surface area contributed by atoms with Crippen LogP contribution in [-0.4, -0.2) is 30.5 Å². The van der Waals surface area contributed by atoms with Crippen molar-refractivity contribution in [3.63, 3.8) is 0 Å². The summed E-state index contributed by atoms with van der Waals surface area (Å²) >= 11 is 0. The van der Waals surface area contributed by atoms with E-state index in [1.54, 1.807) is 6.92 Å². The maximum absolute atomic E-state index is 9.25. The second-order valence-electron chi connectivity index (χ2n) is 4.47. The van der Waals surface area contributed by atoms with Gasteiger partial charge in [0.2, 0.25) is 0 Å². The van der Waals surface area contributed by atoms with Crippen molar-refractivity contribution in [2.75, 3.05) is 13.2 Å². The number of ether oxygens (including phenoxy) is 2. The Labute approximate surface area is 103 Å². The average molecular weight is 238 g/mol. The van der Waals surface area contributed by atoms with E-state index < -0.39 is 0 Å². The van der Waals surface area contributed by atoms with Gasteiger partial charge in [0.1, 0.15) is 12.4 Å². The molecule has 0 aliphatic heterocycles. The Morgan fingerprint density at radius 3 is 2.24 bits per heavy atom. The molecule has 0 aromatic heterocycles. The largest absolute Gasteiger partial charge is 0.491 e. The second-order valence-corrected chi connectivity index (χ2v) is 4.47. The zero-order valence-corrected chi connectivity index (χ0v) is 10.8. The summed E-state index contributed by atoms with van der Waals surface area (Å²) in [4.78, 5) is 0. The number of hydrogen-bond acceptors (Lipinski definition) is 3. The van der Waals surface area contributed by atoms with Crippen LogP contribution in [0.4, 0.5) is 0 Å². The molecule has 1 N–H and O–H groups in total. The van der Waals surface area contributed by atoms with E-state index in [9.17, 15) is 5.11 Å². The Morgan fingerprint density at radius 2 is 1.71 bits per heavy atom. The van der Waals surface area contributed by atoms with E-state index in [1.807, 2.05) is 38.1 Å². The van der Waals surface area contributed by atoms with Gasteiger partial charge in [0, 0.05) is 0 Å². The van der Waals surface area contributed by atoms with Crippen molar-refractivity contribution >= 4 is 0 Å². The van der Waals surface area contributed by atoms with Crippen molar-refractivity contribution in [3.8, 4) is 5.75 Å². The maximum Gasteiger partial charge on any atom is 0.119 e. The van der Waals surface area contributed by atoms with Crippen LogP contribution >= 0.6 is 0 Å². The number of hydrogen-bond donors (Lipinski definition) is 1. The molecular formula is C14H22O3. The number of aliphatic hydroxyl groups excluding tert-OH is 1. The van der Waals surface area contributed by atoms with E-state index in [0.717, 1.165) is 11.3 Å². The van der Waals surface area contributed by atoms with E-state index in [4.69, 9.17) is 9.47 Å². The van der Waals surface area contributed by atoms with Crippen molar-refractivity contribution in [1.29, 1.82) is 0 Å². The van der Waals surface area contributed by atoms with E-state index in [0.29, 0.717) is 19.6 Å². The molecule has 1 atom stereocenters. The molecule has 1 unspecified atom stereocenters. The highest BCUT2D eigenvalue weighted by Crippen LogP contribution is 2.13. The Bertz CT molecular complexity index is 304. The van der Waals surface area contributed by atoms with Crippen LogP contribution in [0, 0.1) is 0 Å². The highest BCUT2D eigenvalue weighted by atomic mass is 16.5. The van der Waals surface area contributed by atoms with Crippen molar-refractivity contribution in [1.82, 2.24) is 0 Å². The summed E-state index contributed by atoms with van der Waals surface area (Å²) in [5.74, 6) is 0.840. The molecule has 17 heavy (non-hydrogen) atoms. The van der Waals surface area contributed by atoms with E-state index in [2.05, 4.69) is 0 Å². The fourth-order valence-corrected chi connectivity index (χ4v) is 1.51. The lowest BCUT2D eigenvalue weighted by Crippen LogP contribution is -2.11. The highest BCUT2D eigenvalue weighted by molar-refractivity contribution is 5.27. The Balaban J connectivity index is 2.30. The number of benzene rings is 1. The molecule has 0 saturated carbocycles. The third kappa shape index (κ3) is 6.29. The minimum absolute atomic E-state index is 0.243. The first-order chi connectivity index (χ1) is 8.08. The predicted octanol–water partition coefficient (Wildman–Crippen LogP) is 2.41. The lowest BCUT2D eigenvalue weighted by Gasteiger charge is -2.10. The SMILES string of the molecule is CC(O)Cc1ccc(OCCOC(C)C)cc1. The zero-order valence-electron chi connectivity index (χ0n) is 10.8. The van der Waals surface area contributed by atoms with E-state index in [1.165, 1.54) is 0 Å². The molecule has 0 fully saturated rings. The minimum Gasteiger partial charge on any atom is -0.491 e. The first-order valence-electron chi connectivity index (χ1n) is 6.09. The van der Waals surface area contributed by atoms with Crippen LogP contribution < -0.4 is 4.74 Å². The molecular weight excluding hydrogens is 216 g/mol. The summed E-state index contributed by atoms with van der Waals surface area (Å²) in [7, 11) is 0. The van der Waals surface area contributed by atoms with Gasteiger partial charge < -0.3 is 14.6 Å². The summed E-state index contributed by atoms with van der Waals surface area (Å²) in [5.41, 5.74) is 1.12. The van der Waals surface area contributed by atoms with E-state index in [-0.39, 0.29) is 12.2 Å². The first-order valence-corrected chi connectivity index (χ1v) is 6.09. The van der Waals surface area contributed by atoms with Gasteiger partial charge in [-0.3, -0.25) is 0 Å². The van der Waals surface area contributed by atoms with Gasteiger partial charge in [-0.2, -0.15) is 0 Å². The van der Waals surface area contributed by atoms with Crippen LogP contribution in [0.5, 0.6) is 5.75 Å². The normalized spacial score (nSPS) is 12.8. The van der Waals surface area contributed by atoms with Crippen molar-refractivity contribution in [2.24, 2.45) is 0 Å². The molecule has 0 bridgehead atoms. The van der Waals surface area contributed by atoms with Crippen LogP contribution in [-0.2, 0) is 11.2 Å². The van der Waals surface area contributed by atoms with Crippen molar-refractivity contribution in [3.05, 3.63) is 29.8 Å². The Kier molecular flexibility index (Phi) is 6.01. The summed E-state index contributed by atoms with van der Waals surface area (Å²) < 4.78 is 10.9. The first kappa shape index (κ1) is 14.0. The lowest BCUT2D eigenvalue weighted by molar-refractivity contribution is 0.0552. The molecule has 1 rings (SSSR count). The summed E-state index contributed by atoms with van der Waals surface area (Å²) in [6.07, 6.45) is 0.615. The molecule has 3 heteroatoms. The second kappa shape index (κ2) is 7.30. The molecule has 0 aliphatic carbocycles. The lowest BCUT2D eigenvalue weighted by atomic mass is 10.1. The van der Waals surface area contributed by atoms with E-state index >= 15 is 0 Å². The van der Waals surface area contributed by atoms with Gasteiger partial charge in [-0.15, -0.1) is 0 Å². The van der Waals surface area contributed by atoms with Gasteiger partial charge in [-0.05, 0) is 44.9 Å². The van der Waals surface area contributed by atoms with Gasteiger partial charge in [-0.1, -0.05) is 12.1 Å². The molecule has 0 saturated heterocycles. The Hall–Kier alpha value is -1.06. The molecule has 1 aromatic carbocycles. The molecule has 0 aliphatic rings. The van der Waals surface area contributed by atoms with Gasteiger partial charge >= 0.3 is 0 Å². The molecule has 96 valence electrons. The molecule has 1 aromatic rings. The Morgan fingerprint density at radius 1 is 1.06 bits per heavy atom. The minimum atomic E-state index is -0.304. The fourth-order valence-electron chi connectivity index (χ4n) is 1.51. The van der Waals surface area contributed by atoms with Gasteiger partial charge in [-0.25, -0.2) is 0 Å². The molecule has 3 nitrogen and oxygen atoms in total. The van der Waals surface area contributed by atoms with Gasteiger partial charge in [0.15, 0.2) is 0 Å². The third-order valence-corrected chi connectivity index (χ3v) is 2.26.